The van der Waals surface area contributed by atoms with Crippen molar-refractivity contribution in [3.63, 3.8) is 0 Å². The number of nitrogens with one attached hydrogen (secondary N) is 1. The minimum absolute atomic E-state index is 0.0280. The first-order valence-corrected chi connectivity index (χ1v) is 9.12. The zero-order valence-electron chi connectivity index (χ0n) is 15.3. The summed E-state index contributed by atoms with van der Waals surface area (Å²) in [5, 5.41) is 3.32. The van der Waals surface area contributed by atoms with Gasteiger partial charge in [0.25, 0.3) is 0 Å². The Hall–Kier alpha value is -3.85. The number of anilines is 3. The minimum atomic E-state index is 0.0280. The van der Waals surface area contributed by atoms with Crippen LogP contribution in [0.2, 0.25) is 0 Å². The molecular formula is C25H20N2O. The third-order valence-corrected chi connectivity index (χ3v) is 4.62. The number of carbonyl (C=O) groups excluding carboxylic acids is 1. The van der Waals surface area contributed by atoms with E-state index in [9.17, 15) is 4.79 Å². The van der Waals surface area contributed by atoms with Gasteiger partial charge in [-0.2, -0.15) is 0 Å². The minimum Gasteiger partial charge on any atom is -0.397 e. The largest absolute Gasteiger partial charge is 0.397 e. The average Bonchev–Trinajstić information content (AvgIpc) is 2.76. The number of hydrogen-bond donors (Lipinski definition) is 2. The summed E-state index contributed by atoms with van der Waals surface area (Å²) in [7, 11) is 0. The summed E-state index contributed by atoms with van der Waals surface area (Å²) in [5.74, 6) is 0.0280. The van der Waals surface area contributed by atoms with Gasteiger partial charge in [-0.25, -0.2) is 0 Å². The van der Waals surface area contributed by atoms with E-state index in [4.69, 9.17) is 5.73 Å². The van der Waals surface area contributed by atoms with Crippen molar-refractivity contribution in [3.8, 4) is 11.1 Å². The highest BCUT2D eigenvalue weighted by molar-refractivity contribution is 6.09. The first-order chi connectivity index (χ1) is 13.7. The molecule has 0 unspecified atom stereocenters. The van der Waals surface area contributed by atoms with Gasteiger partial charge in [0.2, 0.25) is 0 Å². The SMILES string of the molecule is Nc1ccccc1Nc1ccc(-c2cccc(C(=O)c3ccccc3)c2)cc1. The molecule has 0 amide bonds. The Kier molecular flexibility index (Phi) is 4.89. The van der Waals surface area contributed by atoms with Gasteiger partial charge in [0, 0.05) is 16.8 Å². The lowest BCUT2D eigenvalue weighted by Crippen LogP contribution is -2.00. The van der Waals surface area contributed by atoms with Crippen LogP contribution >= 0.6 is 0 Å². The van der Waals surface area contributed by atoms with Gasteiger partial charge in [-0.1, -0.05) is 72.8 Å². The van der Waals surface area contributed by atoms with E-state index in [-0.39, 0.29) is 5.78 Å². The molecule has 0 heterocycles. The van der Waals surface area contributed by atoms with Crippen molar-refractivity contribution in [1.82, 2.24) is 0 Å². The maximum absolute atomic E-state index is 12.7. The molecule has 0 atom stereocenters. The van der Waals surface area contributed by atoms with Gasteiger partial charge >= 0.3 is 0 Å². The van der Waals surface area contributed by atoms with E-state index in [1.165, 1.54) is 0 Å². The third kappa shape index (κ3) is 3.79. The van der Waals surface area contributed by atoms with Crippen LogP contribution in [0.5, 0.6) is 0 Å². The van der Waals surface area contributed by atoms with E-state index in [1.54, 1.807) is 0 Å². The van der Waals surface area contributed by atoms with Crippen LogP contribution in [-0.2, 0) is 0 Å². The molecule has 0 saturated heterocycles. The van der Waals surface area contributed by atoms with Crippen LogP contribution in [0, 0.1) is 0 Å². The quantitative estimate of drug-likeness (QED) is 0.342. The van der Waals surface area contributed by atoms with Crippen molar-refractivity contribution in [2.45, 2.75) is 0 Å². The number of rotatable bonds is 5. The molecular weight excluding hydrogens is 344 g/mol. The summed E-state index contributed by atoms with van der Waals surface area (Å²) in [6.45, 7) is 0. The van der Waals surface area contributed by atoms with Gasteiger partial charge in [-0.05, 0) is 41.5 Å². The molecule has 0 aliphatic rings. The number of nitrogens with two attached hydrogens (primary N) is 1. The van der Waals surface area contributed by atoms with Gasteiger partial charge in [0.15, 0.2) is 5.78 Å². The fourth-order valence-electron chi connectivity index (χ4n) is 3.11. The highest BCUT2D eigenvalue weighted by Gasteiger charge is 2.09. The number of para-hydroxylation sites is 2. The van der Waals surface area contributed by atoms with Crippen molar-refractivity contribution in [2.75, 3.05) is 11.1 Å². The number of nitrogen functional groups attached to an aromatic ring is 1. The molecule has 0 aliphatic carbocycles. The lowest BCUT2D eigenvalue weighted by molar-refractivity contribution is 0.103. The molecule has 28 heavy (non-hydrogen) atoms. The van der Waals surface area contributed by atoms with Gasteiger partial charge in [-0.15, -0.1) is 0 Å². The summed E-state index contributed by atoms with van der Waals surface area (Å²) in [6, 6.07) is 32.8. The van der Waals surface area contributed by atoms with Crippen molar-refractivity contribution in [2.24, 2.45) is 0 Å². The maximum atomic E-state index is 12.7. The van der Waals surface area contributed by atoms with E-state index >= 15 is 0 Å². The van der Waals surface area contributed by atoms with Crippen LogP contribution < -0.4 is 11.1 Å². The summed E-state index contributed by atoms with van der Waals surface area (Å²) < 4.78 is 0. The van der Waals surface area contributed by atoms with E-state index in [1.807, 2.05) is 103 Å². The van der Waals surface area contributed by atoms with Gasteiger partial charge in [-0.3, -0.25) is 4.79 Å². The zero-order chi connectivity index (χ0) is 19.3. The van der Waals surface area contributed by atoms with Gasteiger partial charge in [0.1, 0.15) is 0 Å². The Morgan fingerprint density at radius 2 is 1.32 bits per heavy atom. The molecule has 3 N–H and O–H groups in total. The zero-order valence-corrected chi connectivity index (χ0v) is 15.3. The average molecular weight is 364 g/mol. The lowest BCUT2D eigenvalue weighted by Gasteiger charge is -2.10. The van der Waals surface area contributed by atoms with E-state index < -0.39 is 0 Å². The first-order valence-electron chi connectivity index (χ1n) is 9.12. The smallest absolute Gasteiger partial charge is 0.193 e. The first kappa shape index (κ1) is 17.6. The maximum Gasteiger partial charge on any atom is 0.193 e. The van der Waals surface area contributed by atoms with Crippen molar-refractivity contribution in [1.29, 1.82) is 0 Å². The van der Waals surface area contributed by atoms with Crippen LogP contribution in [0.3, 0.4) is 0 Å². The van der Waals surface area contributed by atoms with Gasteiger partial charge < -0.3 is 11.1 Å². The second-order valence-electron chi connectivity index (χ2n) is 6.57. The molecule has 4 rings (SSSR count). The normalized spacial score (nSPS) is 10.4. The Bertz CT molecular complexity index is 1100. The third-order valence-electron chi connectivity index (χ3n) is 4.62. The van der Waals surface area contributed by atoms with E-state index in [2.05, 4.69) is 5.32 Å². The van der Waals surface area contributed by atoms with E-state index in [0.717, 1.165) is 22.5 Å². The highest BCUT2D eigenvalue weighted by atomic mass is 16.1. The topological polar surface area (TPSA) is 55.1 Å². The Morgan fingerprint density at radius 1 is 0.643 bits per heavy atom. The molecule has 0 aliphatic heterocycles. The number of carbonyl (C=O) groups is 1. The van der Waals surface area contributed by atoms with Crippen LogP contribution in [0.1, 0.15) is 15.9 Å². The summed E-state index contributed by atoms with van der Waals surface area (Å²) in [4.78, 5) is 12.7. The van der Waals surface area contributed by atoms with Crippen molar-refractivity contribution in [3.05, 3.63) is 114 Å². The Labute approximate surface area is 164 Å². The predicted octanol–water partition coefficient (Wildman–Crippen LogP) is 5.91. The highest BCUT2D eigenvalue weighted by Crippen LogP contribution is 2.26. The molecule has 136 valence electrons. The second-order valence-corrected chi connectivity index (χ2v) is 6.57. The standard InChI is InChI=1S/C25H20N2O/c26-23-11-4-5-12-24(23)27-22-15-13-18(14-16-22)20-9-6-10-21(17-20)25(28)19-7-2-1-3-8-19/h1-17,27H,26H2. The van der Waals surface area contributed by atoms with Crippen LogP contribution in [0.4, 0.5) is 17.1 Å². The Morgan fingerprint density at radius 3 is 2.07 bits per heavy atom. The fourth-order valence-corrected chi connectivity index (χ4v) is 3.11. The summed E-state index contributed by atoms with van der Waals surface area (Å²) in [5.41, 5.74) is 12.0. The second kappa shape index (κ2) is 7.80. The van der Waals surface area contributed by atoms with Crippen LogP contribution in [0.15, 0.2) is 103 Å². The molecule has 0 radical (unpaired) electrons. The molecule has 4 aromatic carbocycles. The number of ketones is 1. The predicted molar refractivity (Wildman–Crippen MR) is 116 cm³/mol. The molecule has 0 bridgehead atoms. The Balaban J connectivity index is 1.56. The lowest BCUT2D eigenvalue weighted by atomic mass is 9.98. The summed E-state index contributed by atoms with van der Waals surface area (Å²) >= 11 is 0. The van der Waals surface area contributed by atoms with Crippen molar-refractivity contribution >= 4 is 22.8 Å². The van der Waals surface area contributed by atoms with Crippen LogP contribution in [-0.4, -0.2) is 5.78 Å². The number of benzene rings is 4. The van der Waals surface area contributed by atoms with E-state index in [0.29, 0.717) is 16.8 Å². The summed E-state index contributed by atoms with van der Waals surface area (Å²) in [6.07, 6.45) is 0. The molecule has 0 saturated carbocycles. The molecule has 3 heteroatoms. The fraction of sp³-hybridized carbons (Fsp3) is 0. The number of hydrogen-bond acceptors (Lipinski definition) is 3. The van der Waals surface area contributed by atoms with Crippen LogP contribution in [0.25, 0.3) is 11.1 Å². The van der Waals surface area contributed by atoms with Gasteiger partial charge in [0.05, 0.1) is 11.4 Å². The molecule has 4 aromatic rings. The monoisotopic (exact) mass is 364 g/mol. The molecule has 0 fully saturated rings. The van der Waals surface area contributed by atoms with Crippen molar-refractivity contribution < 1.29 is 4.79 Å². The molecule has 0 spiro atoms. The molecule has 0 aromatic heterocycles. The molecule has 3 nitrogen and oxygen atoms in total.